The summed E-state index contributed by atoms with van der Waals surface area (Å²) in [4.78, 5) is 0. The van der Waals surface area contributed by atoms with Gasteiger partial charge in [0.25, 0.3) is 0 Å². The molecular formula is C15H24O4. The molecule has 0 radical (unpaired) electrons. The maximum atomic E-state index is 10.2. The van der Waals surface area contributed by atoms with Gasteiger partial charge in [-0.15, -0.1) is 0 Å². The molecule has 1 aromatic rings. The van der Waals surface area contributed by atoms with Crippen molar-refractivity contribution in [2.75, 3.05) is 20.3 Å². The summed E-state index contributed by atoms with van der Waals surface area (Å²) in [6.45, 7) is 6.79. The van der Waals surface area contributed by atoms with Crippen LogP contribution in [0.4, 0.5) is 0 Å². The molecule has 1 atom stereocenters. The van der Waals surface area contributed by atoms with Crippen molar-refractivity contribution >= 4 is 0 Å². The van der Waals surface area contributed by atoms with Crippen LogP contribution in [0.5, 0.6) is 5.75 Å². The maximum absolute atomic E-state index is 10.2. The van der Waals surface area contributed by atoms with Gasteiger partial charge in [-0.2, -0.15) is 0 Å². The summed E-state index contributed by atoms with van der Waals surface area (Å²) in [6, 6.07) is 5.90. The van der Waals surface area contributed by atoms with Gasteiger partial charge >= 0.3 is 0 Å². The van der Waals surface area contributed by atoms with Gasteiger partial charge < -0.3 is 19.3 Å². The highest BCUT2D eigenvalue weighted by Crippen LogP contribution is 2.22. The second-order valence-corrected chi connectivity index (χ2v) is 4.37. The fraction of sp³-hybridized carbons (Fsp3) is 0.600. The van der Waals surface area contributed by atoms with E-state index in [1.54, 1.807) is 7.11 Å². The van der Waals surface area contributed by atoms with Crippen molar-refractivity contribution in [3.05, 3.63) is 29.3 Å². The summed E-state index contributed by atoms with van der Waals surface area (Å²) in [6.07, 6.45) is -0.869. The number of aliphatic hydroxyl groups is 1. The summed E-state index contributed by atoms with van der Waals surface area (Å²) in [5.41, 5.74) is 2.09. The van der Waals surface area contributed by atoms with Crippen molar-refractivity contribution in [3.8, 4) is 5.75 Å². The highest BCUT2D eigenvalue weighted by Gasteiger charge is 2.21. The first-order valence-corrected chi connectivity index (χ1v) is 6.67. The molecule has 0 aliphatic rings. The zero-order valence-electron chi connectivity index (χ0n) is 12.2. The number of ether oxygens (including phenoxy) is 3. The van der Waals surface area contributed by atoms with Crippen LogP contribution in [0, 0.1) is 6.92 Å². The fourth-order valence-electron chi connectivity index (χ4n) is 1.99. The average molecular weight is 268 g/mol. The third-order valence-electron chi connectivity index (χ3n) is 2.84. The Morgan fingerprint density at radius 3 is 2.32 bits per heavy atom. The smallest absolute Gasteiger partial charge is 0.183 e. The van der Waals surface area contributed by atoms with Gasteiger partial charge in [-0.3, -0.25) is 0 Å². The number of aliphatic hydroxyl groups excluding tert-OH is 1. The predicted octanol–water partition coefficient (Wildman–Crippen LogP) is 2.31. The third-order valence-corrected chi connectivity index (χ3v) is 2.84. The lowest BCUT2D eigenvalue weighted by atomic mass is 10.0. The summed E-state index contributed by atoms with van der Waals surface area (Å²) >= 11 is 0. The van der Waals surface area contributed by atoms with E-state index >= 15 is 0 Å². The Morgan fingerprint density at radius 2 is 1.79 bits per heavy atom. The van der Waals surface area contributed by atoms with Gasteiger partial charge in [0.15, 0.2) is 6.29 Å². The van der Waals surface area contributed by atoms with Crippen LogP contribution in [0.3, 0.4) is 0 Å². The van der Waals surface area contributed by atoms with E-state index in [0.717, 1.165) is 16.9 Å². The van der Waals surface area contributed by atoms with Crippen molar-refractivity contribution in [3.63, 3.8) is 0 Å². The van der Waals surface area contributed by atoms with E-state index in [9.17, 15) is 5.11 Å². The summed E-state index contributed by atoms with van der Waals surface area (Å²) in [5.74, 6) is 0.774. The molecule has 0 saturated carbocycles. The minimum absolute atomic E-state index is 0.440. The van der Waals surface area contributed by atoms with Gasteiger partial charge in [0.1, 0.15) is 11.9 Å². The molecule has 0 bridgehead atoms. The molecule has 0 amide bonds. The third kappa shape index (κ3) is 4.82. The molecule has 0 aromatic heterocycles. The van der Waals surface area contributed by atoms with Crippen molar-refractivity contribution in [1.82, 2.24) is 0 Å². The van der Waals surface area contributed by atoms with E-state index in [1.165, 1.54) is 0 Å². The van der Waals surface area contributed by atoms with Gasteiger partial charge in [0, 0.05) is 19.6 Å². The Labute approximate surface area is 115 Å². The summed E-state index contributed by atoms with van der Waals surface area (Å²) in [7, 11) is 1.63. The number of hydrogen-bond donors (Lipinski definition) is 1. The van der Waals surface area contributed by atoms with Crippen LogP contribution in [-0.2, 0) is 15.9 Å². The van der Waals surface area contributed by atoms with Gasteiger partial charge in [-0.25, -0.2) is 0 Å². The Balaban J connectivity index is 2.78. The predicted molar refractivity (Wildman–Crippen MR) is 74.5 cm³/mol. The quantitative estimate of drug-likeness (QED) is 0.735. The first-order chi connectivity index (χ1) is 9.12. The molecule has 1 unspecified atom stereocenters. The fourth-order valence-corrected chi connectivity index (χ4v) is 1.99. The largest absolute Gasteiger partial charge is 0.496 e. The molecule has 1 rings (SSSR count). The maximum Gasteiger partial charge on any atom is 0.183 e. The van der Waals surface area contributed by atoms with E-state index in [-0.39, 0.29) is 0 Å². The Bertz CT molecular complexity index is 372. The van der Waals surface area contributed by atoms with E-state index < -0.39 is 12.4 Å². The van der Waals surface area contributed by atoms with Gasteiger partial charge in [-0.05, 0) is 32.4 Å². The van der Waals surface area contributed by atoms with Crippen LogP contribution < -0.4 is 4.74 Å². The molecule has 0 spiro atoms. The highest BCUT2D eigenvalue weighted by molar-refractivity contribution is 5.37. The van der Waals surface area contributed by atoms with Crippen molar-refractivity contribution in [2.24, 2.45) is 0 Å². The van der Waals surface area contributed by atoms with Crippen molar-refractivity contribution in [2.45, 2.75) is 39.6 Å². The monoisotopic (exact) mass is 268 g/mol. The zero-order chi connectivity index (χ0) is 14.3. The molecule has 0 fully saturated rings. The first-order valence-electron chi connectivity index (χ1n) is 6.67. The van der Waals surface area contributed by atoms with Crippen LogP contribution in [-0.4, -0.2) is 37.8 Å². The standard InChI is InChI=1S/C15H24O4/c1-5-18-15(19-6-2)13(16)10-12-9-11(3)7-8-14(12)17-4/h7-9,13,15-16H,5-6,10H2,1-4H3. The molecule has 108 valence electrons. The Kier molecular flexibility index (Phi) is 6.84. The SMILES string of the molecule is CCOC(OCC)C(O)Cc1cc(C)ccc1OC. The van der Waals surface area contributed by atoms with Crippen LogP contribution >= 0.6 is 0 Å². The van der Waals surface area contributed by atoms with Gasteiger partial charge in [-0.1, -0.05) is 17.7 Å². The molecule has 0 saturated heterocycles. The van der Waals surface area contributed by atoms with Gasteiger partial charge in [0.05, 0.1) is 7.11 Å². The average Bonchev–Trinajstić information content (AvgIpc) is 2.38. The lowest BCUT2D eigenvalue weighted by Crippen LogP contribution is -2.33. The van der Waals surface area contributed by atoms with Crippen LogP contribution in [0.2, 0.25) is 0 Å². The second kappa shape index (κ2) is 8.15. The Morgan fingerprint density at radius 1 is 1.16 bits per heavy atom. The number of methoxy groups -OCH3 is 1. The topological polar surface area (TPSA) is 47.9 Å². The van der Waals surface area contributed by atoms with Crippen molar-refractivity contribution in [1.29, 1.82) is 0 Å². The molecule has 1 N–H and O–H groups in total. The number of hydrogen-bond acceptors (Lipinski definition) is 4. The molecule has 19 heavy (non-hydrogen) atoms. The Hall–Kier alpha value is -1.10. The molecule has 4 heteroatoms. The highest BCUT2D eigenvalue weighted by atomic mass is 16.7. The molecule has 4 nitrogen and oxygen atoms in total. The number of benzene rings is 1. The number of rotatable bonds is 8. The second-order valence-electron chi connectivity index (χ2n) is 4.37. The molecule has 0 aliphatic carbocycles. The minimum Gasteiger partial charge on any atom is -0.496 e. The van der Waals surface area contributed by atoms with Crippen LogP contribution in [0.15, 0.2) is 18.2 Å². The minimum atomic E-state index is -0.712. The first kappa shape index (κ1) is 16.0. The molecular weight excluding hydrogens is 244 g/mol. The summed E-state index contributed by atoms with van der Waals surface area (Å²) < 4.78 is 16.1. The van der Waals surface area contributed by atoms with E-state index in [2.05, 4.69) is 0 Å². The molecule has 1 aromatic carbocycles. The van der Waals surface area contributed by atoms with Crippen LogP contribution in [0.1, 0.15) is 25.0 Å². The van der Waals surface area contributed by atoms with Gasteiger partial charge in [0.2, 0.25) is 0 Å². The zero-order valence-corrected chi connectivity index (χ0v) is 12.2. The molecule has 0 aliphatic heterocycles. The molecule has 0 heterocycles. The van der Waals surface area contributed by atoms with Crippen molar-refractivity contribution < 1.29 is 19.3 Å². The normalized spacial score (nSPS) is 12.7. The van der Waals surface area contributed by atoms with E-state index in [1.807, 2.05) is 39.0 Å². The van der Waals surface area contributed by atoms with E-state index in [4.69, 9.17) is 14.2 Å². The summed E-state index contributed by atoms with van der Waals surface area (Å²) in [5, 5.41) is 10.2. The van der Waals surface area contributed by atoms with E-state index in [0.29, 0.717) is 19.6 Å². The number of aryl methyl sites for hydroxylation is 1. The van der Waals surface area contributed by atoms with Crippen LogP contribution in [0.25, 0.3) is 0 Å². The lowest BCUT2D eigenvalue weighted by Gasteiger charge is -2.23. The lowest BCUT2D eigenvalue weighted by molar-refractivity contribution is -0.188.